The Morgan fingerprint density at radius 3 is 2.65 bits per heavy atom. The van der Waals surface area contributed by atoms with E-state index in [1.165, 1.54) is 0 Å². The maximum absolute atomic E-state index is 10.4. The van der Waals surface area contributed by atoms with Crippen LogP contribution in [-0.4, -0.2) is 37.2 Å². The lowest BCUT2D eigenvalue weighted by molar-refractivity contribution is 0.387. The quantitative estimate of drug-likeness (QED) is 0.793. The highest BCUT2D eigenvalue weighted by Gasteiger charge is 2.12. The molecule has 0 aliphatic carbocycles. The second-order valence-electron chi connectivity index (χ2n) is 5.56. The first kappa shape index (κ1) is 14.8. The van der Waals surface area contributed by atoms with Gasteiger partial charge in [0.25, 0.3) is 0 Å². The van der Waals surface area contributed by atoms with E-state index in [1.807, 2.05) is 30.3 Å². The molecule has 2 aromatic carbocycles. The molecule has 0 amide bonds. The maximum Gasteiger partial charge on any atom is 0.128 e. The van der Waals surface area contributed by atoms with Crippen LogP contribution < -0.4 is 5.32 Å². The summed E-state index contributed by atoms with van der Waals surface area (Å²) in [5, 5.41) is 15.9. The van der Waals surface area contributed by atoms with E-state index in [0.29, 0.717) is 5.75 Å². The summed E-state index contributed by atoms with van der Waals surface area (Å²) in [6.45, 7) is 4.12. The molecule has 0 saturated heterocycles. The first-order valence-electron chi connectivity index (χ1n) is 7.18. The molecule has 3 nitrogen and oxygen atoms in total. The van der Waals surface area contributed by atoms with Crippen molar-refractivity contribution in [1.29, 1.82) is 0 Å². The van der Waals surface area contributed by atoms with Gasteiger partial charge < -0.3 is 15.3 Å². The van der Waals surface area contributed by atoms with Crippen molar-refractivity contribution in [2.24, 2.45) is 0 Å². The van der Waals surface area contributed by atoms with Crippen LogP contribution in [0.3, 0.4) is 0 Å². The predicted molar refractivity (Wildman–Crippen MR) is 85.2 cm³/mol. The molecule has 1 unspecified atom stereocenters. The zero-order chi connectivity index (χ0) is 14.5. The summed E-state index contributed by atoms with van der Waals surface area (Å²) in [6, 6.07) is 12.2. The Morgan fingerprint density at radius 2 is 1.90 bits per heavy atom. The van der Waals surface area contributed by atoms with Crippen molar-refractivity contribution in [3.63, 3.8) is 0 Å². The monoisotopic (exact) mass is 272 g/mol. The zero-order valence-corrected chi connectivity index (χ0v) is 12.6. The molecule has 1 atom stereocenters. The highest BCUT2D eigenvalue weighted by molar-refractivity contribution is 5.89. The molecular weight excluding hydrogens is 248 g/mol. The Kier molecular flexibility index (Phi) is 4.99. The zero-order valence-electron chi connectivity index (χ0n) is 12.6. The number of aromatic hydroxyl groups is 1. The minimum atomic E-state index is 0.154. The standard InChI is InChI=1S/C17H24N2O/c1-13(18-11-6-12-19(2)3)15-10-9-14-7-4-5-8-16(14)17(15)20/h4-5,7-10,13,18,20H,6,11-12H2,1-3H3. The summed E-state index contributed by atoms with van der Waals surface area (Å²) >= 11 is 0. The minimum Gasteiger partial charge on any atom is -0.507 e. The number of nitrogens with zero attached hydrogens (tertiary/aromatic N) is 1. The van der Waals surface area contributed by atoms with Crippen molar-refractivity contribution in [2.75, 3.05) is 27.2 Å². The fourth-order valence-electron chi connectivity index (χ4n) is 2.45. The van der Waals surface area contributed by atoms with Crippen molar-refractivity contribution in [3.05, 3.63) is 42.0 Å². The Morgan fingerprint density at radius 1 is 1.15 bits per heavy atom. The van der Waals surface area contributed by atoms with Crippen LogP contribution in [0.1, 0.15) is 24.9 Å². The number of phenols is 1. The molecule has 2 aromatic rings. The van der Waals surface area contributed by atoms with Crippen molar-refractivity contribution in [2.45, 2.75) is 19.4 Å². The van der Waals surface area contributed by atoms with Gasteiger partial charge in [-0.15, -0.1) is 0 Å². The summed E-state index contributed by atoms with van der Waals surface area (Å²) in [4.78, 5) is 2.18. The van der Waals surface area contributed by atoms with Gasteiger partial charge in [0.05, 0.1) is 0 Å². The Balaban J connectivity index is 2.06. The Hall–Kier alpha value is -1.58. The fourth-order valence-corrected chi connectivity index (χ4v) is 2.45. The number of benzene rings is 2. The summed E-state index contributed by atoms with van der Waals surface area (Å²) < 4.78 is 0. The number of hydrogen-bond donors (Lipinski definition) is 2. The van der Waals surface area contributed by atoms with E-state index < -0.39 is 0 Å². The molecule has 20 heavy (non-hydrogen) atoms. The summed E-state index contributed by atoms with van der Waals surface area (Å²) in [5.74, 6) is 0.399. The van der Waals surface area contributed by atoms with Gasteiger partial charge in [0, 0.05) is 17.0 Å². The largest absolute Gasteiger partial charge is 0.507 e. The molecule has 0 bridgehead atoms. The number of nitrogens with one attached hydrogen (secondary N) is 1. The first-order chi connectivity index (χ1) is 9.59. The van der Waals surface area contributed by atoms with E-state index in [9.17, 15) is 5.11 Å². The van der Waals surface area contributed by atoms with Crippen LogP contribution in [0.2, 0.25) is 0 Å². The van der Waals surface area contributed by atoms with Crippen molar-refractivity contribution in [1.82, 2.24) is 10.2 Å². The normalized spacial score (nSPS) is 13.0. The number of fused-ring (bicyclic) bond motifs is 1. The SMILES string of the molecule is CC(NCCCN(C)C)c1ccc2ccccc2c1O. The highest BCUT2D eigenvalue weighted by atomic mass is 16.3. The summed E-state index contributed by atoms with van der Waals surface area (Å²) in [5.41, 5.74) is 0.966. The third-order valence-electron chi connectivity index (χ3n) is 3.63. The molecule has 2 rings (SSSR count). The lowest BCUT2D eigenvalue weighted by atomic mass is 10.0. The van der Waals surface area contributed by atoms with Crippen LogP contribution in [0.5, 0.6) is 5.75 Å². The van der Waals surface area contributed by atoms with Crippen LogP contribution in [0.25, 0.3) is 10.8 Å². The molecule has 2 N–H and O–H groups in total. The van der Waals surface area contributed by atoms with Crippen molar-refractivity contribution in [3.8, 4) is 5.75 Å². The van der Waals surface area contributed by atoms with Gasteiger partial charge in [-0.1, -0.05) is 36.4 Å². The molecule has 0 aromatic heterocycles. The Labute approximate surface area is 121 Å². The van der Waals surface area contributed by atoms with Crippen LogP contribution in [-0.2, 0) is 0 Å². The number of rotatable bonds is 6. The number of hydrogen-bond acceptors (Lipinski definition) is 3. The molecule has 0 saturated carbocycles. The third-order valence-corrected chi connectivity index (χ3v) is 3.63. The number of phenolic OH excluding ortho intramolecular Hbond substituents is 1. The van der Waals surface area contributed by atoms with Gasteiger partial charge in [-0.05, 0) is 45.9 Å². The summed E-state index contributed by atoms with van der Waals surface area (Å²) in [7, 11) is 4.16. The van der Waals surface area contributed by atoms with E-state index in [2.05, 4.69) is 37.3 Å². The van der Waals surface area contributed by atoms with E-state index in [1.54, 1.807) is 0 Å². The second kappa shape index (κ2) is 6.73. The third kappa shape index (κ3) is 3.50. The van der Waals surface area contributed by atoms with Gasteiger partial charge in [0.1, 0.15) is 5.75 Å². The van der Waals surface area contributed by atoms with Gasteiger partial charge in [-0.3, -0.25) is 0 Å². The topological polar surface area (TPSA) is 35.5 Å². The molecular formula is C17H24N2O. The maximum atomic E-state index is 10.4. The van der Waals surface area contributed by atoms with Gasteiger partial charge in [0.2, 0.25) is 0 Å². The van der Waals surface area contributed by atoms with Crippen LogP contribution >= 0.6 is 0 Å². The van der Waals surface area contributed by atoms with E-state index in [0.717, 1.165) is 35.8 Å². The fraction of sp³-hybridized carbons (Fsp3) is 0.412. The molecule has 0 fully saturated rings. The smallest absolute Gasteiger partial charge is 0.128 e. The average Bonchev–Trinajstić information content (AvgIpc) is 2.44. The van der Waals surface area contributed by atoms with E-state index >= 15 is 0 Å². The lowest BCUT2D eigenvalue weighted by Gasteiger charge is -2.17. The van der Waals surface area contributed by atoms with Gasteiger partial charge in [-0.25, -0.2) is 0 Å². The van der Waals surface area contributed by atoms with E-state index in [-0.39, 0.29) is 6.04 Å². The molecule has 108 valence electrons. The summed E-state index contributed by atoms with van der Waals surface area (Å²) in [6.07, 6.45) is 1.10. The van der Waals surface area contributed by atoms with Gasteiger partial charge in [0.15, 0.2) is 0 Å². The molecule has 0 aliphatic rings. The molecule has 0 spiro atoms. The van der Waals surface area contributed by atoms with Crippen LogP contribution in [0.4, 0.5) is 0 Å². The molecule has 0 aliphatic heterocycles. The van der Waals surface area contributed by atoms with Gasteiger partial charge >= 0.3 is 0 Å². The van der Waals surface area contributed by atoms with Crippen molar-refractivity contribution >= 4 is 10.8 Å². The minimum absolute atomic E-state index is 0.154. The molecule has 0 heterocycles. The van der Waals surface area contributed by atoms with Crippen LogP contribution in [0.15, 0.2) is 36.4 Å². The Bertz CT molecular complexity index is 566. The van der Waals surface area contributed by atoms with Crippen LogP contribution in [0, 0.1) is 0 Å². The lowest BCUT2D eigenvalue weighted by Crippen LogP contribution is -2.23. The van der Waals surface area contributed by atoms with Crippen molar-refractivity contribution < 1.29 is 5.11 Å². The van der Waals surface area contributed by atoms with E-state index in [4.69, 9.17) is 0 Å². The molecule has 3 heteroatoms. The predicted octanol–water partition coefficient (Wildman–Crippen LogP) is 3.15. The first-order valence-corrected chi connectivity index (χ1v) is 7.18. The highest BCUT2D eigenvalue weighted by Crippen LogP contribution is 2.32. The molecule has 0 radical (unpaired) electrons. The second-order valence-corrected chi connectivity index (χ2v) is 5.56. The average molecular weight is 272 g/mol. The van der Waals surface area contributed by atoms with Gasteiger partial charge in [-0.2, -0.15) is 0 Å².